The van der Waals surface area contributed by atoms with Gasteiger partial charge in [0, 0.05) is 0 Å². The molecule has 0 N–H and O–H groups in total. The number of benzene rings is 1. The molecule has 4 nitrogen and oxygen atoms in total. The second-order valence-corrected chi connectivity index (χ2v) is 7.92. The van der Waals surface area contributed by atoms with Crippen LogP contribution in [0.3, 0.4) is 0 Å². The maximum atomic E-state index is 12.9. The van der Waals surface area contributed by atoms with Crippen LogP contribution in [0.1, 0.15) is 48.4 Å². The number of thioether (sulfide) groups is 1. The average Bonchev–Trinajstić information content (AvgIpc) is 2.73. The predicted molar refractivity (Wildman–Crippen MR) is 85.8 cm³/mol. The molecule has 2 amide bonds. The zero-order valence-corrected chi connectivity index (χ0v) is 14.2. The van der Waals surface area contributed by atoms with Crippen LogP contribution in [0.15, 0.2) is 24.3 Å². The van der Waals surface area contributed by atoms with Gasteiger partial charge in [-0.15, -0.1) is 11.8 Å². The Kier molecular flexibility index (Phi) is 2.93. The summed E-state index contributed by atoms with van der Waals surface area (Å²) in [5, 5.41) is 0. The van der Waals surface area contributed by atoms with E-state index in [1.165, 1.54) is 16.7 Å². The number of amides is 2. The van der Waals surface area contributed by atoms with Gasteiger partial charge in [0.2, 0.25) is 0 Å². The highest BCUT2D eigenvalue weighted by Crippen LogP contribution is 2.67. The molecule has 0 unspecified atom stereocenters. The standard InChI is InChI=1S/C17H19NO3S/c1-15(2)14(21)16(3,4)17(15,22-5)18-12(19)10-8-6-7-9-11(10)13(18)20/h6-9H,1-5H3. The van der Waals surface area contributed by atoms with E-state index in [1.54, 1.807) is 24.3 Å². The zero-order chi connectivity index (χ0) is 16.5. The fourth-order valence-electron chi connectivity index (χ4n) is 4.44. The van der Waals surface area contributed by atoms with Crippen LogP contribution in [0.2, 0.25) is 0 Å². The lowest BCUT2D eigenvalue weighted by molar-refractivity contribution is -0.169. The fourth-order valence-corrected chi connectivity index (χ4v) is 6.00. The molecular formula is C17H19NO3S. The summed E-state index contributed by atoms with van der Waals surface area (Å²) in [6.45, 7) is 7.28. The van der Waals surface area contributed by atoms with Crippen molar-refractivity contribution >= 4 is 29.4 Å². The number of fused-ring (bicyclic) bond motifs is 1. The van der Waals surface area contributed by atoms with Gasteiger partial charge in [-0.2, -0.15) is 0 Å². The molecule has 116 valence electrons. The molecule has 1 aromatic rings. The van der Waals surface area contributed by atoms with Gasteiger partial charge in [-0.1, -0.05) is 12.1 Å². The van der Waals surface area contributed by atoms with E-state index in [9.17, 15) is 14.4 Å². The third-order valence-electron chi connectivity index (χ3n) is 5.23. The Balaban J connectivity index is 2.21. The third kappa shape index (κ3) is 1.34. The van der Waals surface area contributed by atoms with Crippen LogP contribution >= 0.6 is 11.8 Å². The van der Waals surface area contributed by atoms with Crippen LogP contribution in [0.4, 0.5) is 0 Å². The van der Waals surface area contributed by atoms with Crippen LogP contribution < -0.4 is 0 Å². The number of ketones is 1. The van der Waals surface area contributed by atoms with Crippen LogP contribution in [0.25, 0.3) is 0 Å². The molecular weight excluding hydrogens is 298 g/mol. The van der Waals surface area contributed by atoms with E-state index in [-0.39, 0.29) is 17.6 Å². The molecule has 2 aliphatic rings. The van der Waals surface area contributed by atoms with Crippen LogP contribution in [0.5, 0.6) is 0 Å². The number of Topliss-reactive ketones (excluding diaryl/α,β-unsaturated/α-hetero) is 1. The van der Waals surface area contributed by atoms with Gasteiger partial charge < -0.3 is 0 Å². The number of imide groups is 1. The third-order valence-corrected chi connectivity index (χ3v) is 7.03. The lowest BCUT2D eigenvalue weighted by Gasteiger charge is -2.66. The van der Waals surface area contributed by atoms with Gasteiger partial charge in [-0.3, -0.25) is 19.3 Å². The van der Waals surface area contributed by atoms with Crippen molar-refractivity contribution in [3.8, 4) is 0 Å². The molecule has 3 rings (SSSR count). The summed E-state index contributed by atoms with van der Waals surface area (Å²) < 4.78 is 0. The molecule has 0 spiro atoms. The van der Waals surface area contributed by atoms with Crippen molar-refractivity contribution in [1.82, 2.24) is 4.90 Å². The van der Waals surface area contributed by atoms with E-state index in [1.807, 2.05) is 34.0 Å². The van der Waals surface area contributed by atoms with Gasteiger partial charge in [-0.25, -0.2) is 0 Å². The highest BCUT2D eigenvalue weighted by atomic mass is 32.2. The number of carbonyl (C=O) groups excluding carboxylic acids is 3. The highest BCUT2D eigenvalue weighted by Gasteiger charge is 2.77. The quantitative estimate of drug-likeness (QED) is 0.787. The minimum Gasteiger partial charge on any atom is -0.298 e. The zero-order valence-electron chi connectivity index (χ0n) is 13.4. The van der Waals surface area contributed by atoms with Crippen molar-refractivity contribution in [3.05, 3.63) is 35.4 Å². The first-order valence-electron chi connectivity index (χ1n) is 7.22. The molecule has 0 atom stereocenters. The Bertz CT molecular complexity index is 667. The minimum absolute atomic E-state index is 0.0749. The summed E-state index contributed by atoms with van der Waals surface area (Å²) >= 11 is 1.42. The van der Waals surface area contributed by atoms with E-state index in [4.69, 9.17) is 0 Å². The van der Waals surface area contributed by atoms with Crippen LogP contribution in [-0.4, -0.2) is 33.6 Å². The van der Waals surface area contributed by atoms with Crippen molar-refractivity contribution in [2.24, 2.45) is 10.8 Å². The number of nitrogens with zero attached hydrogens (tertiary/aromatic N) is 1. The molecule has 1 fully saturated rings. The molecule has 1 aliphatic carbocycles. The fraction of sp³-hybridized carbons (Fsp3) is 0.471. The SMILES string of the molecule is CSC1(N2C(=O)c3ccccc3C2=O)C(C)(C)C(=O)C1(C)C. The van der Waals surface area contributed by atoms with Crippen molar-refractivity contribution < 1.29 is 14.4 Å². The molecule has 1 aliphatic heterocycles. The van der Waals surface area contributed by atoms with Gasteiger partial charge in [0.25, 0.3) is 11.8 Å². The maximum absolute atomic E-state index is 12.9. The Morgan fingerprint density at radius 3 is 1.64 bits per heavy atom. The topological polar surface area (TPSA) is 54.5 Å². The Hall–Kier alpha value is -1.62. The van der Waals surface area contributed by atoms with E-state index in [0.717, 1.165) is 0 Å². The molecule has 0 radical (unpaired) electrons. The number of rotatable bonds is 2. The molecule has 0 saturated heterocycles. The van der Waals surface area contributed by atoms with Crippen molar-refractivity contribution in [2.45, 2.75) is 32.6 Å². The molecule has 1 saturated carbocycles. The lowest BCUT2D eigenvalue weighted by atomic mass is 9.49. The van der Waals surface area contributed by atoms with Crippen LogP contribution in [0, 0.1) is 10.8 Å². The monoisotopic (exact) mass is 317 g/mol. The Morgan fingerprint density at radius 2 is 1.27 bits per heavy atom. The number of carbonyl (C=O) groups is 3. The number of hydrogen-bond donors (Lipinski definition) is 0. The highest BCUT2D eigenvalue weighted by molar-refractivity contribution is 8.00. The Labute approximate surface area is 134 Å². The van der Waals surface area contributed by atoms with Gasteiger partial charge in [-0.05, 0) is 46.1 Å². The van der Waals surface area contributed by atoms with Gasteiger partial charge in [0.15, 0.2) is 5.78 Å². The second-order valence-electron chi connectivity index (χ2n) is 6.92. The van der Waals surface area contributed by atoms with Crippen molar-refractivity contribution in [2.75, 3.05) is 6.26 Å². The summed E-state index contributed by atoms with van der Waals surface area (Å²) in [7, 11) is 0. The van der Waals surface area contributed by atoms with Crippen molar-refractivity contribution in [1.29, 1.82) is 0 Å². The first-order chi connectivity index (χ1) is 10.1. The minimum atomic E-state index is -0.871. The molecule has 1 heterocycles. The predicted octanol–water partition coefficient (Wildman–Crippen LogP) is 2.98. The Morgan fingerprint density at radius 1 is 0.864 bits per heavy atom. The van der Waals surface area contributed by atoms with E-state index in [0.29, 0.717) is 11.1 Å². The number of hydrogen-bond acceptors (Lipinski definition) is 4. The largest absolute Gasteiger partial charge is 0.298 e. The summed E-state index contributed by atoms with van der Waals surface area (Å²) in [6.07, 6.45) is 1.86. The first-order valence-corrected chi connectivity index (χ1v) is 8.45. The van der Waals surface area contributed by atoms with Gasteiger partial charge in [0.1, 0.15) is 4.87 Å². The van der Waals surface area contributed by atoms with Gasteiger partial charge in [0.05, 0.1) is 22.0 Å². The summed E-state index contributed by atoms with van der Waals surface area (Å²) in [4.78, 5) is 38.7. The molecule has 5 heteroatoms. The molecule has 0 bridgehead atoms. The molecule has 22 heavy (non-hydrogen) atoms. The summed E-state index contributed by atoms with van der Waals surface area (Å²) in [5.41, 5.74) is -0.703. The van der Waals surface area contributed by atoms with Crippen LogP contribution in [-0.2, 0) is 4.79 Å². The van der Waals surface area contributed by atoms with Gasteiger partial charge >= 0.3 is 0 Å². The molecule has 0 aromatic heterocycles. The first kappa shape index (κ1) is 15.3. The smallest absolute Gasteiger partial charge is 0.262 e. The van der Waals surface area contributed by atoms with E-state index >= 15 is 0 Å². The summed E-state index contributed by atoms with van der Waals surface area (Å²) in [5.74, 6) is -0.530. The van der Waals surface area contributed by atoms with E-state index < -0.39 is 15.7 Å². The molecule has 1 aromatic carbocycles. The summed E-state index contributed by atoms with van der Waals surface area (Å²) in [6, 6.07) is 6.84. The average molecular weight is 317 g/mol. The second kappa shape index (κ2) is 4.22. The lowest BCUT2D eigenvalue weighted by Crippen LogP contribution is -2.79. The maximum Gasteiger partial charge on any atom is 0.262 e. The van der Waals surface area contributed by atoms with E-state index in [2.05, 4.69) is 0 Å². The van der Waals surface area contributed by atoms with Crippen molar-refractivity contribution in [3.63, 3.8) is 0 Å². The normalized spacial score (nSPS) is 24.2.